The third-order valence-electron chi connectivity index (χ3n) is 6.54. The van der Waals surface area contributed by atoms with E-state index in [4.69, 9.17) is 0 Å². The van der Waals surface area contributed by atoms with Crippen LogP contribution in [-0.4, -0.2) is 5.91 Å². The lowest BCUT2D eigenvalue weighted by molar-refractivity contribution is 0.0975. The van der Waals surface area contributed by atoms with Gasteiger partial charge in [0.1, 0.15) is 6.17 Å². The van der Waals surface area contributed by atoms with E-state index in [9.17, 15) is 4.79 Å². The molecule has 0 saturated carbocycles. The number of rotatable bonds is 4. The second-order valence-corrected chi connectivity index (χ2v) is 9.73. The lowest BCUT2D eigenvalue weighted by atomic mass is 9.97. The Morgan fingerprint density at radius 3 is 1.89 bits per heavy atom. The number of fused-ring (bicyclic) bond motifs is 1. The maximum absolute atomic E-state index is 14.2. The lowest BCUT2D eigenvalue weighted by Gasteiger charge is -2.38. The number of hydrogen-bond donors (Lipinski definition) is 1. The second kappa shape index (κ2) is 9.48. The summed E-state index contributed by atoms with van der Waals surface area (Å²) < 4.78 is 0.999. The van der Waals surface area contributed by atoms with Crippen molar-refractivity contribution in [2.24, 2.45) is 0 Å². The van der Waals surface area contributed by atoms with Gasteiger partial charge in [0.25, 0.3) is 5.91 Å². The Morgan fingerprint density at radius 2 is 1.22 bits per heavy atom. The molecule has 6 rings (SSSR count). The number of nitrogens with zero attached hydrogens (tertiary/aromatic N) is 1. The predicted octanol–water partition coefficient (Wildman–Crippen LogP) is 8.55. The first kappa shape index (κ1) is 22.3. The number of halogens is 1. The van der Waals surface area contributed by atoms with E-state index in [2.05, 4.69) is 63.7 Å². The van der Waals surface area contributed by atoms with Crippen LogP contribution >= 0.6 is 15.9 Å². The fourth-order valence-corrected chi connectivity index (χ4v) is 4.99. The monoisotopic (exact) mass is 530 g/mol. The Balaban J connectivity index is 1.48. The van der Waals surface area contributed by atoms with Crippen LogP contribution in [-0.2, 0) is 0 Å². The zero-order valence-electron chi connectivity index (χ0n) is 19.4. The Hall–Kier alpha value is -4.15. The minimum Gasteiger partial charge on any atom is -0.360 e. The molecule has 5 aromatic carbocycles. The molecule has 174 valence electrons. The molecule has 1 heterocycles. The summed E-state index contributed by atoms with van der Waals surface area (Å²) in [6, 6.07) is 42.8. The van der Waals surface area contributed by atoms with Crippen molar-refractivity contribution in [2.75, 3.05) is 10.2 Å². The van der Waals surface area contributed by atoms with Gasteiger partial charge >= 0.3 is 0 Å². The molecule has 0 aromatic heterocycles. The number of amides is 1. The molecular weight excluding hydrogens is 508 g/mol. The van der Waals surface area contributed by atoms with Crippen molar-refractivity contribution in [1.82, 2.24) is 0 Å². The minimum absolute atomic E-state index is 0.0281. The molecule has 1 N–H and O–H groups in total. The highest BCUT2D eigenvalue weighted by molar-refractivity contribution is 9.10. The quantitative estimate of drug-likeness (QED) is 0.252. The van der Waals surface area contributed by atoms with Gasteiger partial charge in [0.05, 0.1) is 5.56 Å². The summed E-state index contributed by atoms with van der Waals surface area (Å²) in [4.78, 5) is 16.0. The average Bonchev–Trinajstić information content (AvgIpc) is 2.94. The largest absolute Gasteiger partial charge is 0.360 e. The Kier molecular flexibility index (Phi) is 5.88. The van der Waals surface area contributed by atoms with Crippen molar-refractivity contribution in [3.05, 3.63) is 143 Å². The second-order valence-electron chi connectivity index (χ2n) is 8.82. The molecule has 1 amide bonds. The van der Waals surface area contributed by atoms with E-state index in [0.717, 1.165) is 43.7 Å². The van der Waals surface area contributed by atoms with Crippen LogP contribution in [0.3, 0.4) is 0 Å². The normalized spacial score (nSPS) is 14.8. The maximum atomic E-state index is 14.2. The van der Waals surface area contributed by atoms with E-state index in [1.807, 2.05) is 89.8 Å². The number of anilines is 2. The summed E-state index contributed by atoms with van der Waals surface area (Å²) in [5.74, 6) is -0.0281. The molecule has 0 fully saturated rings. The predicted molar refractivity (Wildman–Crippen MR) is 151 cm³/mol. The molecule has 1 aliphatic rings. The molecule has 4 heteroatoms. The van der Waals surface area contributed by atoms with E-state index in [-0.39, 0.29) is 12.1 Å². The first-order valence-electron chi connectivity index (χ1n) is 11.9. The van der Waals surface area contributed by atoms with Gasteiger partial charge in [-0.3, -0.25) is 9.69 Å². The van der Waals surface area contributed by atoms with Crippen LogP contribution < -0.4 is 10.2 Å². The molecule has 5 aromatic rings. The highest BCUT2D eigenvalue weighted by Crippen LogP contribution is 2.39. The third kappa shape index (κ3) is 4.21. The van der Waals surface area contributed by atoms with Gasteiger partial charge in [-0.25, -0.2) is 0 Å². The van der Waals surface area contributed by atoms with E-state index < -0.39 is 0 Å². The van der Waals surface area contributed by atoms with Gasteiger partial charge in [-0.05, 0) is 64.2 Å². The molecule has 0 bridgehead atoms. The van der Waals surface area contributed by atoms with E-state index >= 15 is 0 Å². The van der Waals surface area contributed by atoms with Crippen LogP contribution in [0.1, 0.15) is 22.1 Å². The van der Waals surface area contributed by atoms with Crippen LogP contribution in [0.4, 0.5) is 11.4 Å². The highest BCUT2D eigenvalue weighted by atomic mass is 79.9. The molecule has 3 nitrogen and oxygen atoms in total. The molecule has 1 atom stereocenters. The van der Waals surface area contributed by atoms with Crippen molar-refractivity contribution in [2.45, 2.75) is 6.17 Å². The summed E-state index contributed by atoms with van der Waals surface area (Å²) in [6.07, 6.45) is -0.341. The van der Waals surface area contributed by atoms with Crippen molar-refractivity contribution in [1.29, 1.82) is 0 Å². The molecule has 0 spiro atoms. The van der Waals surface area contributed by atoms with Crippen molar-refractivity contribution in [3.8, 4) is 22.3 Å². The summed E-state index contributed by atoms with van der Waals surface area (Å²) in [5, 5.41) is 3.64. The molecule has 36 heavy (non-hydrogen) atoms. The zero-order valence-corrected chi connectivity index (χ0v) is 21.0. The topological polar surface area (TPSA) is 32.3 Å². The van der Waals surface area contributed by atoms with Crippen LogP contribution in [0.15, 0.2) is 132 Å². The third-order valence-corrected chi connectivity index (χ3v) is 7.07. The van der Waals surface area contributed by atoms with E-state index in [1.54, 1.807) is 0 Å². The van der Waals surface area contributed by atoms with Gasteiger partial charge in [-0.15, -0.1) is 0 Å². The van der Waals surface area contributed by atoms with Gasteiger partial charge < -0.3 is 5.32 Å². The molecule has 0 radical (unpaired) electrons. The molecular formula is C32H23BrN2O. The average molecular weight is 531 g/mol. The molecule has 0 saturated heterocycles. The highest BCUT2D eigenvalue weighted by Gasteiger charge is 2.34. The summed E-state index contributed by atoms with van der Waals surface area (Å²) in [7, 11) is 0. The molecule has 0 aliphatic carbocycles. The summed E-state index contributed by atoms with van der Waals surface area (Å²) >= 11 is 3.53. The fraction of sp³-hybridized carbons (Fsp3) is 0.0312. The SMILES string of the molecule is O=C1c2cc(-c3ccccc3)ccc2NC(c2ccc(Br)cc2)N1c1cccc(-c2ccccc2)c1. The van der Waals surface area contributed by atoms with Gasteiger partial charge in [-0.2, -0.15) is 0 Å². The van der Waals surface area contributed by atoms with Crippen molar-refractivity contribution < 1.29 is 4.79 Å². The maximum Gasteiger partial charge on any atom is 0.262 e. The summed E-state index contributed by atoms with van der Waals surface area (Å²) in [5.41, 5.74) is 7.64. The molecule has 1 aliphatic heterocycles. The van der Waals surface area contributed by atoms with Gasteiger partial charge in [0.15, 0.2) is 0 Å². The van der Waals surface area contributed by atoms with Gasteiger partial charge in [-0.1, -0.05) is 107 Å². The first-order valence-corrected chi connectivity index (χ1v) is 12.7. The number of carbonyl (C=O) groups is 1. The zero-order chi connectivity index (χ0) is 24.5. The number of nitrogens with one attached hydrogen (secondary N) is 1. The summed E-state index contributed by atoms with van der Waals surface area (Å²) in [6.45, 7) is 0. The van der Waals surface area contributed by atoms with Crippen LogP contribution in [0.5, 0.6) is 0 Å². The standard InChI is InChI=1S/C32H23BrN2O/c33-27-17-14-24(15-18-27)31-34-30-19-16-26(23-10-5-2-6-11-23)21-29(30)32(36)35(31)28-13-7-12-25(20-28)22-8-3-1-4-9-22/h1-21,31,34H. The van der Waals surface area contributed by atoms with Crippen LogP contribution in [0, 0.1) is 0 Å². The minimum atomic E-state index is -0.341. The number of carbonyl (C=O) groups excluding carboxylic acids is 1. The Bertz CT molecular complexity index is 1530. The van der Waals surface area contributed by atoms with Gasteiger partial charge in [0, 0.05) is 15.8 Å². The van der Waals surface area contributed by atoms with Crippen molar-refractivity contribution in [3.63, 3.8) is 0 Å². The van der Waals surface area contributed by atoms with E-state index in [1.165, 1.54) is 0 Å². The fourth-order valence-electron chi connectivity index (χ4n) is 4.73. The molecule has 1 unspecified atom stereocenters. The smallest absolute Gasteiger partial charge is 0.262 e. The Labute approximate surface area is 219 Å². The van der Waals surface area contributed by atoms with Crippen molar-refractivity contribution >= 4 is 33.2 Å². The Morgan fingerprint density at radius 1 is 0.611 bits per heavy atom. The van der Waals surface area contributed by atoms with Crippen LogP contribution in [0.25, 0.3) is 22.3 Å². The van der Waals surface area contributed by atoms with E-state index in [0.29, 0.717) is 5.56 Å². The number of benzene rings is 5. The van der Waals surface area contributed by atoms with Gasteiger partial charge in [0.2, 0.25) is 0 Å². The van der Waals surface area contributed by atoms with Crippen LogP contribution in [0.2, 0.25) is 0 Å². The first-order chi connectivity index (χ1) is 17.7. The lowest BCUT2D eigenvalue weighted by Crippen LogP contribution is -2.43. The number of hydrogen-bond acceptors (Lipinski definition) is 2.